The lowest BCUT2D eigenvalue weighted by Crippen LogP contribution is -2.61. The zero-order chi connectivity index (χ0) is 58.9. The third kappa shape index (κ3) is 46.5. The first-order chi connectivity index (χ1) is 39.6. The van der Waals surface area contributed by atoms with Crippen LogP contribution in [-0.2, 0) is 42.9 Å². The van der Waals surface area contributed by atoms with Gasteiger partial charge in [-0.05, 0) is 83.5 Å². The van der Waals surface area contributed by atoms with Gasteiger partial charge in [0.2, 0.25) is 0 Å². The number of carboxylic acid groups (broad SMARTS) is 1. The fourth-order valence-corrected chi connectivity index (χ4v) is 9.94. The molecule has 12 heteroatoms. The van der Waals surface area contributed by atoms with E-state index in [4.69, 9.17) is 23.7 Å². The van der Waals surface area contributed by atoms with Gasteiger partial charge in [0, 0.05) is 19.3 Å². The largest absolute Gasteiger partial charge is 0.479 e. The van der Waals surface area contributed by atoms with Gasteiger partial charge in [0.1, 0.15) is 18.8 Å². The highest BCUT2D eigenvalue weighted by atomic mass is 16.7. The van der Waals surface area contributed by atoms with Crippen LogP contribution in [0, 0.1) is 0 Å². The van der Waals surface area contributed by atoms with E-state index < -0.39 is 67.3 Å². The molecule has 3 N–H and O–H groups in total. The fourth-order valence-electron chi connectivity index (χ4n) is 9.94. The first-order valence-electron chi connectivity index (χ1n) is 33.3. The van der Waals surface area contributed by atoms with Crippen molar-refractivity contribution in [3.05, 3.63) is 60.8 Å². The number of hydrogen-bond acceptors (Lipinski definition) is 11. The molecular formula is C69H120O12. The molecule has 0 aromatic heterocycles. The van der Waals surface area contributed by atoms with Crippen LogP contribution in [0.5, 0.6) is 0 Å². The normalized spacial score (nSPS) is 18.1. The number of aliphatic hydroxyl groups is 2. The van der Waals surface area contributed by atoms with Crippen LogP contribution < -0.4 is 0 Å². The van der Waals surface area contributed by atoms with E-state index in [2.05, 4.69) is 81.5 Å². The monoisotopic (exact) mass is 1140 g/mol. The molecule has 0 aliphatic carbocycles. The quantitative estimate of drug-likeness (QED) is 0.0228. The summed E-state index contributed by atoms with van der Waals surface area (Å²) in [4.78, 5) is 51.3. The van der Waals surface area contributed by atoms with E-state index in [9.17, 15) is 34.5 Å². The Balaban J connectivity index is 2.63. The number of hydrogen-bond donors (Lipinski definition) is 3. The van der Waals surface area contributed by atoms with Crippen molar-refractivity contribution in [1.82, 2.24) is 0 Å². The highest BCUT2D eigenvalue weighted by Gasteiger charge is 2.50. The Morgan fingerprint density at radius 2 is 0.765 bits per heavy atom. The van der Waals surface area contributed by atoms with Crippen molar-refractivity contribution in [2.75, 3.05) is 13.2 Å². The van der Waals surface area contributed by atoms with E-state index in [0.717, 1.165) is 128 Å². The molecular weight excluding hydrogens is 1020 g/mol. The second kappa shape index (κ2) is 56.9. The van der Waals surface area contributed by atoms with Crippen molar-refractivity contribution < 1.29 is 58.2 Å². The number of ether oxygens (including phenoxy) is 5. The first-order valence-corrected chi connectivity index (χ1v) is 33.3. The fraction of sp³-hybridized carbons (Fsp3) is 0.797. The first kappa shape index (κ1) is 75.4. The molecule has 12 nitrogen and oxygen atoms in total. The smallest absolute Gasteiger partial charge is 0.335 e. The SMILES string of the molecule is CCC/C=C\C/C=C\CCCCCCCC(=O)OC(COC(=O)CCCCCCCC/C=C\C/C=C\C/C=C\CCCCC)COC1OC(C(=O)O)C(O)C(O)C1OC(=O)CCCCCCCCCCCCCCCCCCCCC. The second-order valence-corrected chi connectivity index (χ2v) is 22.8. The molecule has 1 fully saturated rings. The Hall–Kier alpha value is -3.58. The van der Waals surface area contributed by atoms with Crippen LogP contribution in [0.3, 0.4) is 0 Å². The highest BCUT2D eigenvalue weighted by molar-refractivity contribution is 5.74. The van der Waals surface area contributed by atoms with Crippen LogP contribution in [-0.4, -0.2) is 89.2 Å². The van der Waals surface area contributed by atoms with E-state index in [1.165, 1.54) is 116 Å². The van der Waals surface area contributed by atoms with Crippen molar-refractivity contribution in [2.24, 2.45) is 0 Å². The average molecular weight is 1140 g/mol. The van der Waals surface area contributed by atoms with Gasteiger partial charge in [-0.15, -0.1) is 0 Å². The molecule has 1 aliphatic heterocycles. The molecule has 1 aliphatic rings. The van der Waals surface area contributed by atoms with Crippen LogP contribution in [0.25, 0.3) is 0 Å². The topological polar surface area (TPSA) is 175 Å². The van der Waals surface area contributed by atoms with Crippen LogP contribution >= 0.6 is 0 Å². The van der Waals surface area contributed by atoms with Gasteiger partial charge in [0.25, 0.3) is 0 Å². The summed E-state index contributed by atoms with van der Waals surface area (Å²) in [5.74, 6) is -3.13. The molecule has 0 amide bonds. The van der Waals surface area contributed by atoms with Gasteiger partial charge in [-0.1, -0.05) is 261 Å². The summed E-state index contributed by atoms with van der Waals surface area (Å²) >= 11 is 0. The Bertz CT molecular complexity index is 1640. The number of aliphatic hydroxyl groups excluding tert-OH is 2. The Morgan fingerprint density at radius 3 is 1.20 bits per heavy atom. The van der Waals surface area contributed by atoms with Crippen LogP contribution in [0.4, 0.5) is 0 Å². The lowest BCUT2D eigenvalue weighted by atomic mass is 9.98. The number of unbranched alkanes of at least 4 members (excludes halogenated alkanes) is 33. The number of rotatable bonds is 57. The van der Waals surface area contributed by atoms with Crippen molar-refractivity contribution in [2.45, 2.75) is 340 Å². The highest BCUT2D eigenvalue weighted by Crippen LogP contribution is 2.27. The van der Waals surface area contributed by atoms with Crippen LogP contribution in [0.2, 0.25) is 0 Å². The predicted octanol–water partition coefficient (Wildman–Crippen LogP) is 17.9. The molecule has 0 bridgehead atoms. The van der Waals surface area contributed by atoms with E-state index in [1.54, 1.807) is 0 Å². The van der Waals surface area contributed by atoms with Gasteiger partial charge < -0.3 is 39.0 Å². The number of carboxylic acids is 1. The van der Waals surface area contributed by atoms with E-state index in [0.29, 0.717) is 19.3 Å². The lowest BCUT2D eigenvalue weighted by Gasteiger charge is -2.40. The molecule has 0 aromatic carbocycles. The Morgan fingerprint density at radius 1 is 0.407 bits per heavy atom. The summed E-state index contributed by atoms with van der Waals surface area (Å²) in [5, 5.41) is 31.6. The van der Waals surface area contributed by atoms with Crippen LogP contribution in [0.1, 0.15) is 303 Å². The second-order valence-electron chi connectivity index (χ2n) is 22.8. The number of esters is 3. The van der Waals surface area contributed by atoms with E-state index in [1.807, 2.05) is 0 Å². The van der Waals surface area contributed by atoms with Crippen LogP contribution in [0.15, 0.2) is 60.8 Å². The summed E-state index contributed by atoms with van der Waals surface area (Å²) in [6, 6.07) is 0. The molecule has 468 valence electrons. The molecule has 0 spiro atoms. The molecule has 0 saturated carbocycles. The summed E-state index contributed by atoms with van der Waals surface area (Å²) in [7, 11) is 0. The molecule has 0 radical (unpaired) electrons. The molecule has 0 aromatic rings. The summed E-state index contributed by atoms with van der Waals surface area (Å²) < 4.78 is 28.5. The third-order valence-corrected chi connectivity index (χ3v) is 15.0. The maximum atomic E-state index is 13.2. The zero-order valence-corrected chi connectivity index (χ0v) is 51.8. The summed E-state index contributed by atoms with van der Waals surface area (Å²) in [6.07, 6.45) is 58.9. The Kier molecular flexibility index (Phi) is 53.0. The maximum Gasteiger partial charge on any atom is 0.335 e. The average Bonchev–Trinajstić information content (AvgIpc) is 3.54. The molecule has 1 rings (SSSR count). The molecule has 81 heavy (non-hydrogen) atoms. The molecule has 1 saturated heterocycles. The third-order valence-electron chi connectivity index (χ3n) is 15.0. The minimum atomic E-state index is -1.91. The zero-order valence-electron chi connectivity index (χ0n) is 51.8. The van der Waals surface area contributed by atoms with Crippen molar-refractivity contribution in [3.63, 3.8) is 0 Å². The van der Waals surface area contributed by atoms with Gasteiger partial charge in [-0.2, -0.15) is 0 Å². The van der Waals surface area contributed by atoms with Crippen molar-refractivity contribution in [1.29, 1.82) is 0 Å². The Labute approximate surface area is 494 Å². The minimum Gasteiger partial charge on any atom is -0.479 e. The van der Waals surface area contributed by atoms with Crippen molar-refractivity contribution in [3.8, 4) is 0 Å². The van der Waals surface area contributed by atoms with Gasteiger partial charge in [0.15, 0.2) is 24.6 Å². The van der Waals surface area contributed by atoms with Gasteiger partial charge in [0.05, 0.1) is 6.61 Å². The van der Waals surface area contributed by atoms with Gasteiger partial charge in [-0.25, -0.2) is 4.79 Å². The predicted molar refractivity (Wildman–Crippen MR) is 331 cm³/mol. The number of carbonyl (C=O) groups is 4. The lowest BCUT2D eigenvalue weighted by molar-refractivity contribution is -0.301. The maximum absolute atomic E-state index is 13.2. The molecule has 6 unspecified atom stereocenters. The van der Waals surface area contributed by atoms with Gasteiger partial charge >= 0.3 is 23.9 Å². The molecule has 1 heterocycles. The number of carbonyl (C=O) groups excluding carboxylic acids is 3. The van der Waals surface area contributed by atoms with E-state index in [-0.39, 0.29) is 25.9 Å². The van der Waals surface area contributed by atoms with E-state index >= 15 is 0 Å². The van der Waals surface area contributed by atoms with Crippen molar-refractivity contribution >= 4 is 23.9 Å². The standard InChI is InChI=1S/C69H120O12/c1-4-7-10-13-16-19-22-25-27-29-31-33-35-38-40-43-46-49-52-55-61(70)77-58-60(79-62(71)56-53-50-47-44-41-37-24-21-18-15-12-9-6-3)59-78-69-67(65(74)64(73)66(81-69)68(75)76)80-63(72)57-54-51-48-45-42-39-36-34-32-30-28-26-23-20-17-14-11-8-5-2/h12,15-16,19,21,24-25,27,31,33,60,64-67,69,73-74H,4-11,13-14,17-18,20,22-23,26,28-30,32,34-59H2,1-3H3,(H,75,76)/b15-12-,19-16-,24-21-,27-25-,33-31-. The summed E-state index contributed by atoms with van der Waals surface area (Å²) in [6.45, 7) is 5.92. The number of allylic oxidation sites excluding steroid dienone is 10. The number of aliphatic carboxylic acids is 1. The van der Waals surface area contributed by atoms with Gasteiger partial charge in [-0.3, -0.25) is 14.4 Å². The summed E-state index contributed by atoms with van der Waals surface area (Å²) in [5.41, 5.74) is 0. The molecule has 6 atom stereocenters. The minimum absolute atomic E-state index is 0.0609.